The highest BCUT2D eigenvalue weighted by Gasteiger charge is 2.28. The maximum Gasteiger partial charge on any atom is 0.123 e. The molecule has 0 radical (unpaired) electrons. The molecule has 2 fully saturated rings. The highest BCUT2D eigenvalue weighted by atomic mass is 16.6. The molecule has 36 heavy (non-hydrogen) atoms. The van der Waals surface area contributed by atoms with E-state index in [9.17, 15) is 0 Å². The maximum absolute atomic E-state index is 6.22. The van der Waals surface area contributed by atoms with Crippen LogP contribution in [0.4, 0.5) is 0 Å². The van der Waals surface area contributed by atoms with Crippen molar-refractivity contribution in [1.82, 2.24) is 0 Å². The Balaban J connectivity index is 1.33. The van der Waals surface area contributed by atoms with E-state index in [1.807, 2.05) is 12.1 Å². The van der Waals surface area contributed by atoms with Crippen LogP contribution in [0.15, 0.2) is 66.7 Å². The van der Waals surface area contributed by atoms with E-state index in [0.29, 0.717) is 13.2 Å². The molecule has 0 aliphatic carbocycles. The largest absolute Gasteiger partial charge is 0.491 e. The molecule has 4 heteroatoms. The van der Waals surface area contributed by atoms with Crippen LogP contribution >= 0.6 is 0 Å². The van der Waals surface area contributed by atoms with E-state index in [1.54, 1.807) is 0 Å². The average molecular weight is 487 g/mol. The van der Waals surface area contributed by atoms with Crippen LogP contribution in [0.2, 0.25) is 0 Å². The van der Waals surface area contributed by atoms with Gasteiger partial charge in [-0.3, -0.25) is 0 Å². The summed E-state index contributed by atoms with van der Waals surface area (Å²) in [5.74, 6) is 1.87. The van der Waals surface area contributed by atoms with E-state index in [2.05, 4.69) is 75.4 Å². The molecule has 2 aliphatic rings. The molecule has 3 aromatic carbocycles. The van der Waals surface area contributed by atoms with Gasteiger partial charge in [0, 0.05) is 5.56 Å². The molecule has 2 heterocycles. The lowest BCUT2D eigenvalue weighted by molar-refractivity contribution is 0.256. The van der Waals surface area contributed by atoms with Gasteiger partial charge in [-0.05, 0) is 58.4 Å². The van der Waals surface area contributed by atoms with Gasteiger partial charge in [0.25, 0.3) is 0 Å². The second-order valence-corrected chi connectivity index (χ2v) is 10.7. The zero-order valence-electron chi connectivity index (χ0n) is 21.8. The Labute approximate surface area is 215 Å². The van der Waals surface area contributed by atoms with E-state index in [1.165, 1.54) is 47.1 Å². The van der Waals surface area contributed by atoms with Crippen LogP contribution in [-0.4, -0.2) is 38.6 Å². The molecule has 4 nitrogen and oxygen atoms in total. The Bertz CT molecular complexity index is 1130. The third-order valence-electron chi connectivity index (χ3n) is 7.19. The van der Waals surface area contributed by atoms with Gasteiger partial charge >= 0.3 is 0 Å². The first-order valence-corrected chi connectivity index (χ1v) is 13.4. The first-order valence-electron chi connectivity index (χ1n) is 13.4. The minimum absolute atomic E-state index is 0.0420. The monoisotopic (exact) mass is 486 g/mol. The van der Waals surface area contributed by atoms with Gasteiger partial charge in [0.05, 0.1) is 13.2 Å². The van der Waals surface area contributed by atoms with Crippen molar-refractivity contribution in [1.29, 1.82) is 0 Å². The number of hydrogen-bond acceptors (Lipinski definition) is 4. The van der Waals surface area contributed by atoms with Gasteiger partial charge in [-0.2, -0.15) is 0 Å². The van der Waals surface area contributed by atoms with Crippen molar-refractivity contribution in [3.63, 3.8) is 0 Å². The molecule has 2 unspecified atom stereocenters. The Morgan fingerprint density at radius 3 is 1.83 bits per heavy atom. The zero-order chi connectivity index (χ0) is 25.0. The van der Waals surface area contributed by atoms with Crippen molar-refractivity contribution in [2.75, 3.05) is 26.4 Å². The van der Waals surface area contributed by atoms with E-state index in [0.717, 1.165) is 31.1 Å². The van der Waals surface area contributed by atoms with Crippen LogP contribution in [-0.2, 0) is 14.9 Å². The summed E-state index contributed by atoms with van der Waals surface area (Å²) < 4.78 is 22.6. The molecular formula is C32H38O4. The second-order valence-electron chi connectivity index (χ2n) is 10.7. The number of unbranched alkanes of at least 4 members (excludes halogenated alkanes) is 2. The van der Waals surface area contributed by atoms with Crippen molar-refractivity contribution < 1.29 is 18.9 Å². The fourth-order valence-electron chi connectivity index (χ4n) is 4.62. The van der Waals surface area contributed by atoms with E-state index < -0.39 is 0 Å². The number of ether oxygens (including phenoxy) is 4. The number of benzene rings is 3. The van der Waals surface area contributed by atoms with Crippen molar-refractivity contribution in [3.8, 4) is 33.8 Å². The second kappa shape index (κ2) is 11.1. The summed E-state index contributed by atoms with van der Waals surface area (Å²) in [4.78, 5) is 0. The highest BCUT2D eigenvalue weighted by molar-refractivity contribution is 5.72. The van der Waals surface area contributed by atoms with E-state index in [4.69, 9.17) is 18.9 Å². The summed E-state index contributed by atoms with van der Waals surface area (Å²) in [5, 5.41) is 0. The minimum Gasteiger partial charge on any atom is -0.491 e. The van der Waals surface area contributed by atoms with Gasteiger partial charge in [-0.15, -0.1) is 0 Å². The number of hydrogen-bond donors (Lipinski definition) is 0. The smallest absolute Gasteiger partial charge is 0.123 e. The predicted molar refractivity (Wildman–Crippen MR) is 145 cm³/mol. The summed E-state index contributed by atoms with van der Waals surface area (Å²) in [6.45, 7) is 9.83. The summed E-state index contributed by atoms with van der Waals surface area (Å²) in [6.07, 6.45) is 5.39. The Hall–Kier alpha value is -2.82. The standard InChI is InChI=1S/C32H38O4/c1-4-5-6-17-32(2,3)30-18-26(13-16-31(30)36-22-29-21-35-29)25-9-7-23(8-10-25)24-11-14-27(15-12-24)33-19-28-20-34-28/h7-16,18,28-29H,4-6,17,19-22H2,1-3H3. The van der Waals surface area contributed by atoms with Crippen LogP contribution in [0, 0.1) is 0 Å². The average Bonchev–Trinajstić information content (AvgIpc) is 3.82. The fraction of sp³-hybridized carbons (Fsp3) is 0.438. The molecule has 0 bridgehead atoms. The highest BCUT2D eigenvalue weighted by Crippen LogP contribution is 2.39. The molecular weight excluding hydrogens is 448 g/mol. The summed E-state index contributed by atoms with van der Waals surface area (Å²) in [7, 11) is 0. The van der Waals surface area contributed by atoms with Crippen LogP contribution in [0.5, 0.6) is 11.5 Å². The Morgan fingerprint density at radius 1 is 0.722 bits per heavy atom. The number of rotatable bonds is 13. The minimum atomic E-state index is 0.0420. The summed E-state index contributed by atoms with van der Waals surface area (Å²) in [5.41, 5.74) is 6.14. The predicted octanol–water partition coefficient (Wildman–Crippen LogP) is 7.43. The molecule has 0 spiro atoms. The van der Waals surface area contributed by atoms with Crippen LogP contribution in [0.25, 0.3) is 22.3 Å². The lowest BCUT2D eigenvalue weighted by Crippen LogP contribution is -2.19. The van der Waals surface area contributed by atoms with Gasteiger partial charge < -0.3 is 18.9 Å². The van der Waals surface area contributed by atoms with E-state index in [-0.39, 0.29) is 17.6 Å². The lowest BCUT2D eigenvalue weighted by atomic mass is 9.78. The molecule has 3 aromatic rings. The van der Waals surface area contributed by atoms with Crippen molar-refractivity contribution in [3.05, 3.63) is 72.3 Å². The van der Waals surface area contributed by atoms with Gasteiger partial charge in [-0.25, -0.2) is 0 Å². The molecule has 2 atom stereocenters. The van der Waals surface area contributed by atoms with Gasteiger partial charge in [0.2, 0.25) is 0 Å². The van der Waals surface area contributed by atoms with Crippen LogP contribution in [0.3, 0.4) is 0 Å². The Kier molecular flexibility index (Phi) is 7.64. The SMILES string of the molecule is CCCCCC(C)(C)c1cc(-c2ccc(-c3ccc(OCC4CO4)cc3)cc2)ccc1OCC1CO1. The molecule has 0 aromatic heterocycles. The molecule has 2 saturated heterocycles. The number of epoxide rings is 2. The van der Waals surface area contributed by atoms with Gasteiger partial charge in [0.15, 0.2) is 0 Å². The quantitative estimate of drug-likeness (QED) is 0.186. The van der Waals surface area contributed by atoms with Gasteiger partial charge in [-0.1, -0.05) is 82.5 Å². The molecule has 190 valence electrons. The first-order chi connectivity index (χ1) is 17.5. The normalized spacial score (nSPS) is 18.6. The van der Waals surface area contributed by atoms with Crippen LogP contribution < -0.4 is 9.47 Å². The van der Waals surface area contributed by atoms with Crippen molar-refractivity contribution >= 4 is 0 Å². The third kappa shape index (κ3) is 6.48. The fourth-order valence-corrected chi connectivity index (χ4v) is 4.62. The zero-order valence-corrected chi connectivity index (χ0v) is 21.8. The summed E-state index contributed by atoms with van der Waals surface area (Å²) in [6, 6.07) is 23.8. The van der Waals surface area contributed by atoms with Crippen molar-refractivity contribution in [2.24, 2.45) is 0 Å². The van der Waals surface area contributed by atoms with Crippen LogP contribution in [0.1, 0.15) is 52.0 Å². The third-order valence-corrected chi connectivity index (χ3v) is 7.19. The molecule has 0 amide bonds. The maximum atomic E-state index is 6.22. The summed E-state index contributed by atoms with van der Waals surface area (Å²) >= 11 is 0. The molecule has 2 aliphatic heterocycles. The van der Waals surface area contributed by atoms with E-state index >= 15 is 0 Å². The molecule has 0 N–H and O–H groups in total. The first kappa shape index (κ1) is 24.9. The van der Waals surface area contributed by atoms with Crippen molar-refractivity contribution in [2.45, 2.75) is 64.1 Å². The topological polar surface area (TPSA) is 43.5 Å². The lowest BCUT2D eigenvalue weighted by Gasteiger charge is -2.28. The molecule has 0 saturated carbocycles. The Morgan fingerprint density at radius 2 is 1.25 bits per heavy atom. The van der Waals surface area contributed by atoms with Gasteiger partial charge in [0.1, 0.15) is 36.9 Å². The molecule has 5 rings (SSSR count).